The Morgan fingerprint density at radius 1 is 1.08 bits per heavy atom. The quantitative estimate of drug-likeness (QED) is 0.566. The molecular weight excluding hydrogens is 352 g/mol. The van der Waals surface area contributed by atoms with Gasteiger partial charge in [0.2, 0.25) is 0 Å². The second kappa shape index (κ2) is 8.65. The van der Waals surface area contributed by atoms with Crippen molar-refractivity contribution in [3.05, 3.63) is 59.8 Å². The molecule has 0 aliphatic carbocycles. The fraction of sp³-hybridized carbons (Fsp3) is 0.300. The minimum Gasteiger partial charge on any atom is -0.497 e. The third-order valence-electron chi connectivity index (χ3n) is 4.24. The molecule has 5 heteroatoms. The van der Waals surface area contributed by atoms with E-state index < -0.39 is 0 Å². The largest absolute Gasteiger partial charge is 0.497 e. The van der Waals surface area contributed by atoms with E-state index in [9.17, 15) is 0 Å². The first kappa shape index (κ1) is 19.7. The van der Waals surface area contributed by atoms with Crippen molar-refractivity contribution in [2.75, 3.05) is 21.2 Å². The first-order valence-corrected chi connectivity index (χ1v) is 9.05. The number of methoxy groups -OCH3 is 1. The van der Waals surface area contributed by atoms with Crippen LogP contribution in [0.1, 0.15) is 11.3 Å². The lowest BCUT2D eigenvalue weighted by Crippen LogP contribution is -2.12. The zero-order valence-corrected chi connectivity index (χ0v) is 16.8. The summed E-state index contributed by atoms with van der Waals surface area (Å²) in [6.07, 6.45) is 0. The van der Waals surface area contributed by atoms with Gasteiger partial charge in [-0.25, -0.2) is 0 Å². The van der Waals surface area contributed by atoms with Crippen LogP contribution < -0.4 is 4.74 Å². The van der Waals surface area contributed by atoms with Gasteiger partial charge >= 0.3 is 0 Å². The van der Waals surface area contributed by atoms with Crippen LogP contribution in [-0.2, 0) is 19.3 Å². The highest BCUT2D eigenvalue weighted by molar-refractivity contribution is 7.98. The molecule has 3 nitrogen and oxygen atoms in total. The fourth-order valence-electron chi connectivity index (χ4n) is 3.02. The normalized spacial score (nSPS) is 10.9. The van der Waals surface area contributed by atoms with E-state index in [2.05, 4.69) is 73.1 Å². The van der Waals surface area contributed by atoms with E-state index >= 15 is 0 Å². The standard InChI is InChI=1S/C20H24N2OS.ClH/c1-21(2)13-18-17-12-15(23-4)10-11-19(17)22(3)20(18)14-24-16-8-6-5-7-9-16;/h5-12H,13-14H2,1-4H3;1H. The molecule has 0 bridgehead atoms. The van der Waals surface area contributed by atoms with Crippen molar-refractivity contribution in [1.82, 2.24) is 9.47 Å². The van der Waals surface area contributed by atoms with Crippen molar-refractivity contribution in [2.24, 2.45) is 7.05 Å². The molecule has 3 aromatic rings. The SMILES string of the molecule is COc1ccc2c(c1)c(CN(C)C)c(CSc1ccccc1)n2C.Cl. The maximum absolute atomic E-state index is 5.43. The first-order valence-electron chi connectivity index (χ1n) is 8.07. The van der Waals surface area contributed by atoms with Crippen molar-refractivity contribution in [1.29, 1.82) is 0 Å². The summed E-state index contributed by atoms with van der Waals surface area (Å²) in [4.78, 5) is 3.53. The van der Waals surface area contributed by atoms with Gasteiger partial charge in [0.1, 0.15) is 5.75 Å². The number of ether oxygens (including phenoxy) is 1. The highest BCUT2D eigenvalue weighted by Crippen LogP contribution is 2.33. The highest BCUT2D eigenvalue weighted by atomic mass is 35.5. The predicted molar refractivity (Wildman–Crippen MR) is 110 cm³/mol. The molecule has 0 atom stereocenters. The van der Waals surface area contributed by atoms with E-state index in [1.807, 2.05) is 17.8 Å². The molecule has 0 radical (unpaired) electrons. The minimum absolute atomic E-state index is 0. The number of hydrogen-bond acceptors (Lipinski definition) is 3. The summed E-state index contributed by atoms with van der Waals surface area (Å²) in [5.74, 6) is 1.87. The highest BCUT2D eigenvalue weighted by Gasteiger charge is 2.16. The van der Waals surface area contributed by atoms with E-state index in [1.54, 1.807) is 7.11 Å². The van der Waals surface area contributed by atoms with Gasteiger partial charge in [-0.15, -0.1) is 24.2 Å². The number of aromatic nitrogens is 1. The van der Waals surface area contributed by atoms with Gasteiger partial charge < -0.3 is 14.2 Å². The van der Waals surface area contributed by atoms with Crippen LogP contribution in [-0.4, -0.2) is 30.7 Å². The Hall–Kier alpha value is -1.62. The zero-order chi connectivity index (χ0) is 17.1. The maximum atomic E-state index is 5.43. The second-order valence-corrected chi connectivity index (χ2v) is 7.26. The van der Waals surface area contributed by atoms with Gasteiger partial charge in [-0.2, -0.15) is 0 Å². The molecule has 1 heterocycles. The number of halogens is 1. The molecular formula is C20H25ClN2OS. The molecule has 0 saturated carbocycles. The lowest BCUT2D eigenvalue weighted by atomic mass is 10.1. The van der Waals surface area contributed by atoms with Gasteiger partial charge in [-0.3, -0.25) is 0 Å². The van der Waals surface area contributed by atoms with Crippen molar-refractivity contribution >= 4 is 35.1 Å². The van der Waals surface area contributed by atoms with Crippen LogP contribution in [0.3, 0.4) is 0 Å². The Morgan fingerprint density at radius 3 is 2.44 bits per heavy atom. The molecule has 3 rings (SSSR count). The molecule has 0 aliphatic heterocycles. The maximum Gasteiger partial charge on any atom is 0.119 e. The average Bonchev–Trinajstić information content (AvgIpc) is 2.85. The third kappa shape index (κ3) is 4.32. The van der Waals surface area contributed by atoms with Crippen LogP contribution in [0.2, 0.25) is 0 Å². The molecule has 1 aromatic heterocycles. The number of nitrogens with zero attached hydrogens (tertiary/aromatic N) is 2. The number of aryl methyl sites for hydroxylation is 1. The van der Waals surface area contributed by atoms with Crippen LogP contribution in [0.4, 0.5) is 0 Å². The number of fused-ring (bicyclic) bond motifs is 1. The zero-order valence-electron chi connectivity index (χ0n) is 15.2. The first-order chi connectivity index (χ1) is 11.6. The van der Waals surface area contributed by atoms with E-state index in [1.165, 1.54) is 27.1 Å². The van der Waals surface area contributed by atoms with E-state index in [0.717, 1.165) is 18.0 Å². The van der Waals surface area contributed by atoms with Crippen molar-refractivity contribution in [3.8, 4) is 5.75 Å². The molecule has 0 unspecified atom stereocenters. The van der Waals surface area contributed by atoms with Crippen LogP contribution in [0.15, 0.2) is 53.4 Å². The topological polar surface area (TPSA) is 17.4 Å². The Bertz CT molecular complexity index is 831. The summed E-state index contributed by atoms with van der Waals surface area (Å²) in [7, 11) is 8.12. The predicted octanol–water partition coefficient (Wildman–Crippen LogP) is 4.96. The summed E-state index contributed by atoms with van der Waals surface area (Å²) in [5.41, 5.74) is 4.02. The van der Waals surface area contributed by atoms with E-state index in [4.69, 9.17) is 4.74 Å². The van der Waals surface area contributed by atoms with Gasteiger partial charge in [-0.05, 0) is 50.0 Å². The van der Waals surface area contributed by atoms with Crippen molar-refractivity contribution < 1.29 is 4.74 Å². The fourth-order valence-corrected chi connectivity index (χ4v) is 4.05. The third-order valence-corrected chi connectivity index (χ3v) is 5.26. The van der Waals surface area contributed by atoms with Crippen molar-refractivity contribution in [3.63, 3.8) is 0 Å². The van der Waals surface area contributed by atoms with Crippen LogP contribution in [0, 0.1) is 0 Å². The van der Waals surface area contributed by atoms with E-state index in [0.29, 0.717) is 0 Å². The molecule has 0 amide bonds. The molecule has 2 aromatic carbocycles. The van der Waals surface area contributed by atoms with Crippen molar-refractivity contribution in [2.45, 2.75) is 17.2 Å². The summed E-state index contributed by atoms with van der Waals surface area (Å²) in [6.45, 7) is 0.926. The van der Waals surface area contributed by atoms with Crippen LogP contribution >= 0.6 is 24.2 Å². The molecule has 134 valence electrons. The smallest absolute Gasteiger partial charge is 0.119 e. The molecule has 25 heavy (non-hydrogen) atoms. The Kier molecular flexibility index (Phi) is 6.82. The van der Waals surface area contributed by atoms with Gasteiger partial charge in [-0.1, -0.05) is 18.2 Å². The monoisotopic (exact) mass is 376 g/mol. The second-order valence-electron chi connectivity index (χ2n) is 6.21. The number of benzene rings is 2. The lowest BCUT2D eigenvalue weighted by molar-refractivity contribution is 0.402. The summed E-state index contributed by atoms with van der Waals surface area (Å²) < 4.78 is 7.76. The number of rotatable bonds is 6. The van der Waals surface area contributed by atoms with Gasteiger partial charge in [0.05, 0.1) is 7.11 Å². The van der Waals surface area contributed by atoms with Crippen LogP contribution in [0.25, 0.3) is 10.9 Å². The van der Waals surface area contributed by atoms with Gasteiger partial charge in [0.25, 0.3) is 0 Å². The Balaban J connectivity index is 0.00000225. The van der Waals surface area contributed by atoms with E-state index in [-0.39, 0.29) is 12.4 Å². The molecule has 0 fully saturated rings. The Labute approximate surface area is 160 Å². The average molecular weight is 377 g/mol. The molecule has 0 N–H and O–H groups in total. The van der Waals surface area contributed by atoms with Gasteiger partial charge in [0, 0.05) is 40.8 Å². The minimum atomic E-state index is 0. The molecule has 0 aliphatic rings. The molecule has 0 spiro atoms. The number of hydrogen-bond donors (Lipinski definition) is 0. The number of thioether (sulfide) groups is 1. The summed E-state index contributed by atoms with van der Waals surface area (Å²) in [5, 5.41) is 1.29. The summed E-state index contributed by atoms with van der Waals surface area (Å²) in [6, 6.07) is 16.9. The summed E-state index contributed by atoms with van der Waals surface area (Å²) >= 11 is 1.88. The van der Waals surface area contributed by atoms with Gasteiger partial charge in [0.15, 0.2) is 0 Å². The molecule has 0 saturated heterocycles. The lowest BCUT2D eigenvalue weighted by Gasteiger charge is -2.12. The van der Waals surface area contributed by atoms with Crippen LogP contribution in [0.5, 0.6) is 5.75 Å². The Morgan fingerprint density at radius 2 is 1.80 bits per heavy atom.